The van der Waals surface area contributed by atoms with Gasteiger partial charge in [0.2, 0.25) is 5.91 Å². The first kappa shape index (κ1) is 8.75. The Bertz CT molecular complexity index is 213. The van der Waals surface area contributed by atoms with Gasteiger partial charge in [-0.15, -0.1) is 0 Å². The van der Waals surface area contributed by atoms with Crippen molar-refractivity contribution in [2.45, 2.75) is 12.8 Å². The van der Waals surface area contributed by atoms with Crippen LogP contribution in [0.25, 0.3) is 0 Å². The molecular weight excluding hydrogens is 164 g/mol. The van der Waals surface area contributed by atoms with Crippen LogP contribution in [-0.4, -0.2) is 25.5 Å². The Kier molecular flexibility index (Phi) is 2.64. The molecule has 0 saturated carbocycles. The number of hydrogen-bond acceptors (Lipinski definition) is 2. The van der Waals surface area contributed by atoms with Crippen LogP contribution in [-0.2, 0) is 4.79 Å². The van der Waals surface area contributed by atoms with Gasteiger partial charge in [0.15, 0.2) is 0 Å². The van der Waals surface area contributed by atoms with Gasteiger partial charge in [-0.25, -0.2) is 0 Å². The molecule has 1 aliphatic heterocycles. The van der Waals surface area contributed by atoms with E-state index in [-0.39, 0.29) is 11.8 Å². The van der Waals surface area contributed by atoms with Crippen molar-refractivity contribution in [1.82, 2.24) is 10.6 Å². The first-order valence-corrected chi connectivity index (χ1v) is 4.99. The minimum absolute atomic E-state index is 0.216. The van der Waals surface area contributed by atoms with E-state index in [1.165, 1.54) is 0 Å². The maximum absolute atomic E-state index is 11.5. The van der Waals surface area contributed by atoms with Gasteiger partial charge in [-0.3, -0.25) is 4.79 Å². The molecule has 1 fully saturated rings. The van der Waals surface area contributed by atoms with Gasteiger partial charge >= 0.3 is 0 Å². The van der Waals surface area contributed by atoms with E-state index in [4.69, 9.17) is 0 Å². The Balaban J connectivity index is 1.65. The van der Waals surface area contributed by atoms with Crippen LogP contribution in [0.4, 0.5) is 0 Å². The molecular formula is C10H16N2O. The molecule has 1 heterocycles. The van der Waals surface area contributed by atoms with Crippen molar-refractivity contribution in [1.29, 1.82) is 0 Å². The summed E-state index contributed by atoms with van der Waals surface area (Å²) in [5, 5.41) is 6.20. The molecule has 1 amide bonds. The summed E-state index contributed by atoms with van der Waals surface area (Å²) >= 11 is 0. The van der Waals surface area contributed by atoms with E-state index in [1.54, 1.807) is 0 Å². The topological polar surface area (TPSA) is 41.1 Å². The summed E-state index contributed by atoms with van der Waals surface area (Å²) in [5.74, 6) is 1.11. The van der Waals surface area contributed by atoms with E-state index < -0.39 is 0 Å². The van der Waals surface area contributed by atoms with Crippen molar-refractivity contribution in [2.24, 2.45) is 11.8 Å². The third-order valence-corrected chi connectivity index (χ3v) is 2.81. The molecule has 0 atom stereocenters. The smallest absolute Gasteiger partial charge is 0.223 e. The second-order valence-corrected chi connectivity index (χ2v) is 3.91. The molecule has 0 radical (unpaired) electrons. The minimum Gasteiger partial charge on any atom is -0.355 e. The fourth-order valence-electron chi connectivity index (χ4n) is 1.71. The molecule has 2 N–H and O–H groups in total. The number of carbonyl (C=O) groups excluding carboxylic acids is 1. The fraction of sp³-hybridized carbons (Fsp3) is 0.700. The molecule has 3 heteroatoms. The largest absolute Gasteiger partial charge is 0.355 e. The van der Waals surface area contributed by atoms with E-state index in [2.05, 4.69) is 22.8 Å². The number of amides is 1. The third-order valence-electron chi connectivity index (χ3n) is 2.81. The van der Waals surface area contributed by atoms with Crippen LogP contribution in [0.2, 0.25) is 0 Å². The highest BCUT2D eigenvalue weighted by molar-refractivity contribution is 5.79. The predicted octanol–water partition coefficient (Wildman–Crippen LogP) is 0.288. The van der Waals surface area contributed by atoms with Crippen molar-refractivity contribution in [3.05, 3.63) is 12.2 Å². The van der Waals surface area contributed by atoms with Crippen molar-refractivity contribution < 1.29 is 4.79 Å². The summed E-state index contributed by atoms with van der Waals surface area (Å²) in [7, 11) is 0. The summed E-state index contributed by atoms with van der Waals surface area (Å²) in [4.78, 5) is 11.5. The average molecular weight is 180 g/mol. The van der Waals surface area contributed by atoms with Crippen molar-refractivity contribution >= 4 is 5.91 Å². The summed E-state index contributed by atoms with van der Waals surface area (Å²) in [6.07, 6.45) is 6.04. The molecule has 2 rings (SSSR count). The van der Waals surface area contributed by atoms with Gasteiger partial charge in [-0.2, -0.15) is 0 Å². The molecule has 3 nitrogen and oxygen atoms in total. The number of nitrogens with one attached hydrogen (secondary N) is 2. The van der Waals surface area contributed by atoms with Crippen molar-refractivity contribution in [2.75, 3.05) is 19.6 Å². The summed E-state index contributed by atoms with van der Waals surface area (Å²) < 4.78 is 0. The minimum atomic E-state index is 0.216. The van der Waals surface area contributed by atoms with Crippen LogP contribution < -0.4 is 10.6 Å². The molecule has 0 aromatic rings. The van der Waals surface area contributed by atoms with Gasteiger partial charge in [0.1, 0.15) is 0 Å². The SMILES string of the molecule is O=C(NCC1CNC1)C1CC=CC1. The van der Waals surface area contributed by atoms with Crippen LogP contribution >= 0.6 is 0 Å². The van der Waals surface area contributed by atoms with E-state index >= 15 is 0 Å². The zero-order valence-corrected chi connectivity index (χ0v) is 7.75. The summed E-state index contributed by atoms with van der Waals surface area (Å²) in [6, 6.07) is 0. The second-order valence-electron chi connectivity index (χ2n) is 3.91. The van der Waals surface area contributed by atoms with Crippen molar-refractivity contribution in [3.8, 4) is 0 Å². The molecule has 0 aromatic carbocycles. The lowest BCUT2D eigenvalue weighted by Gasteiger charge is -2.27. The summed E-state index contributed by atoms with van der Waals surface area (Å²) in [6.45, 7) is 2.97. The van der Waals surface area contributed by atoms with Crippen LogP contribution in [0.1, 0.15) is 12.8 Å². The third kappa shape index (κ3) is 2.10. The normalized spacial score (nSPS) is 23.1. The average Bonchev–Trinajstić information content (AvgIpc) is 2.52. The number of carbonyl (C=O) groups is 1. The highest BCUT2D eigenvalue weighted by atomic mass is 16.1. The van der Waals surface area contributed by atoms with E-state index in [9.17, 15) is 4.79 Å². The number of hydrogen-bond donors (Lipinski definition) is 2. The van der Waals surface area contributed by atoms with Gasteiger partial charge in [0, 0.05) is 31.5 Å². The molecule has 0 spiro atoms. The summed E-state index contributed by atoms with van der Waals surface area (Å²) in [5.41, 5.74) is 0. The standard InChI is InChI=1S/C10H16N2O/c13-10(9-3-1-2-4-9)12-7-8-5-11-6-8/h1-2,8-9,11H,3-7H2,(H,12,13). The lowest BCUT2D eigenvalue weighted by Crippen LogP contribution is -2.48. The maximum atomic E-state index is 11.5. The molecule has 0 aromatic heterocycles. The highest BCUT2D eigenvalue weighted by Crippen LogP contribution is 2.17. The lowest BCUT2D eigenvalue weighted by atomic mass is 10.0. The Morgan fingerprint density at radius 1 is 1.38 bits per heavy atom. The first-order chi connectivity index (χ1) is 6.36. The van der Waals surface area contributed by atoms with E-state index in [1.807, 2.05) is 0 Å². The molecule has 2 aliphatic rings. The van der Waals surface area contributed by atoms with Crippen LogP contribution in [0.5, 0.6) is 0 Å². The molecule has 72 valence electrons. The quantitative estimate of drug-likeness (QED) is 0.613. The molecule has 13 heavy (non-hydrogen) atoms. The number of allylic oxidation sites excluding steroid dienone is 2. The Morgan fingerprint density at radius 3 is 2.62 bits per heavy atom. The van der Waals surface area contributed by atoms with Crippen molar-refractivity contribution in [3.63, 3.8) is 0 Å². The van der Waals surface area contributed by atoms with Gasteiger partial charge in [0.25, 0.3) is 0 Å². The van der Waals surface area contributed by atoms with E-state index in [0.717, 1.165) is 32.5 Å². The lowest BCUT2D eigenvalue weighted by molar-refractivity contribution is -0.124. The number of rotatable bonds is 3. The van der Waals surface area contributed by atoms with Crippen LogP contribution in [0.15, 0.2) is 12.2 Å². The Hall–Kier alpha value is -0.830. The van der Waals surface area contributed by atoms with Gasteiger partial charge in [-0.1, -0.05) is 12.2 Å². The van der Waals surface area contributed by atoms with Gasteiger partial charge in [-0.05, 0) is 12.8 Å². The van der Waals surface area contributed by atoms with Crippen LogP contribution in [0.3, 0.4) is 0 Å². The fourth-order valence-corrected chi connectivity index (χ4v) is 1.71. The monoisotopic (exact) mass is 180 g/mol. The van der Waals surface area contributed by atoms with Gasteiger partial charge in [0.05, 0.1) is 0 Å². The Labute approximate surface area is 78.6 Å². The predicted molar refractivity (Wildman–Crippen MR) is 51.2 cm³/mol. The molecule has 0 bridgehead atoms. The highest BCUT2D eigenvalue weighted by Gasteiger charge is 2.21. The zero-order valence-electron chi connectivity index (χ0n) is 7.75. The molecule has 0 unspecified atom stereocenters. The molecule has 1 saturated heterocycles. The first-order valence-electron chi connectivity index (χ1n) is 4.99. The van der Waals surface area contributed by atoms with Gasteiger partial charge < -0.3 is 10.6 Å². The second kappa shape index (κ2) is 3.92. The molecule has 1 aliphatic carbocycles. The van der Waals surface area contributed by atoms with E-state index in [0.29, 0.717) is 5.92 Å². The maximum Gasteiger partial charge on any atom is 0.223 e. The Morgan fingerprint density at radius 2 is 2.08 bits per heavy atom. The van der Waals surface area contributed by atoms with Crippen LogP contribution in [0, 0.1) is 11.8 Å². The zero-order chi connectivity index (χ0) is 9.10.